The van der Waals surface area contributed by atoms with Gasteiger partial charge in [0.1, 0.15) is 0 Å². The lowest BCUT2D eigenvalue weighted by molar-refractivity contribution is -0.136. The molecule has 3 fully saturated rings. The Morgan fingerprint density at radius 3 is 2.03 bits per heavy atom. The van der Waals surface area contributed by atoms with Gasteiger partial charge >= 0.3 is 5.97 Å². The maximum atomic E-state index is 11.5. The minimum Gasteiger partial charge on any atom is -0.481 e. The van der Waals surface area contributed by atoms with Gasteiger partial charge in [-0.15, -0.1) is 0 Å². The van der Waals surface area contributed by atoms with E-state index in [9.17, 15) is 9.90 Å². The average Bonchev–Trinajstić information content (AvgIpc) is 3.14. The molecule has 1 aliphatic carbocycles. The summed E-state index contributed by atoms with van der Waals surface area (Å²) in [7, 11) is 0. The highest BCUT2D eigenvalue weighted by Crippen LogP contribution is 2.43. The van der Waals surface area contributed by atoms with E-state index in [1.807, 2.05) is 6.07 Å². The molecule has 4 nitrogen and oxygen atoms in total. The zero-order chi connectivity index (χ0) is 21.9. The number of nitrogens with zero attached hydrogens (tertiary/aromatic N) is 2. The Balaban J connectivity index is 1.38. The number of aliphatic carboxylic acids is 1. The van der Waals surface area contributed by atoms with Gasteiger partial charge in [-0.25, -0.2) is 0 Å². The molecule has 1 aromatic carbocycles. The summed E-state index contributed by atoms with van der Waals surface area (Å²) in [5.74, 6) is -0.740. The normalized spacial score (nSPS) is 28.6. The molecule has 4 heteroatoms. The zero-order valence-corrected chi connectivity index (χ0v) is 19.6. The lowest BCUT2D eigenvalue weighted by Crippen LogP contribution is -2.56. The summed E-state index contributed by atoms with van der Waals surface area (Å²) in [6, 6.07) is 11.1. The van der Waals surface area contributed by atoms with E-state index in [0.29, 0.717) is 18.1 Å². The van der Waals surface area contributed by atoms with Gasteiger partial charge in [-0.3, -0.25) is 9.69 Å². The van der Waals surface area contributed by atoms with Crippen molar-refractivity contribution >= 4 is 16.9 Å². The second kappa shape index (κ2) is 9.99. The Bertz CT molecular complexity index is 895. The summed E-state index contributed by atoms with van der Waals surface area (Å²) in [6.07, 6.45) is 21.5. The van der Waals surface area contributed by atoms with E-state index in [1.165, 1.54) is 95.4 Å². The first kappa shape index (κ1) is 22.0. The number of piperidine rings is 2. The summed E-state index contributed by atoms with van der Waals surface area (Å²) < 4.78 is 2.45. The van der Waals surface area contributed by atoms with Crippen molar-refractivity contribution in [3.63, 3.8) is 0 Å². The van der Waals surface area contributed by atoms with Crippen LogP contribution in [0, 0.1) is 0 Å². The second-order valence-electron chi connectivity index (χ2n) is 10.7. The van der Waals surface area contributed by atoms with Crippen molar-refractivity contribution in [1.82, 2.24) is 9.47 Å². The summed E-state index contributed by atoms with van der Waals surface area (Å²) in [6.45, 7) is 0. The fourth-order valence-corrected chi connectivity index (χ4v) is 7.18. The Kier molecular flexibility index (Phi) is 6.87. The second-order valence-corrected chi connectivity index (χ2v) is 10.7. The predicted molar refractivity (Wildman–Crippen MR) is 130 cm³/mol. The zero-order valence-electron chi connectivity index (χ0n) is 19.6. The predicted octanol–water partition coefficient (Wildman–Crippen LogP) is 6.72. The minimum atomic E-state index is -0.740. The maximum Gasteiger partial charge on any atom is 0.307 e. The van der Waals surface area contributed by atoms with Gasteiger partial charge in [-0.05, 0) is 50.2 Å². The van der Waals surface area contributed by atoms with E-state index in [0.717, 1.165) is 17.0 Å². The molecule has 2 aromatic rings. The van der Waals surface area contributed by atoms with Crippen LogP contribution in [0.3, 0.4) is 0 Å². The van der Waals surface area contributed by atoms with Crippen LogP contribution < -0.4 is 0 Å². The van der Waals surface area contributed by atoms with Crippen molar-refractivity contribution in [1.29, 1.82) is 0 Å². The monoisotopic (exact) mass is 436 g/mol. The largest absolute Gasteiger partial charge is 0.481 e. The first-order valence-electron chi connectivity index (χ1n) is 13.3. The molecule has 32 heavy (non-hydrogen) atoms. The Hall–Kier alpha value is -1.81. The van der Waals surface area contributed by atoms with Gasteiger partial charge < -0.3 is 9.67 Å². The number of hydrogen-bond acceptors (Lipinski definition) is 2. The molecule has 2 saturated heterocycles. The third-order valence-electron chi connectivity index (χ3n) is 8.56. The third kappa shape index (κ3) is 4.62. The Labute approximate surface area is 193 Å². The molecule has 0 radical (unpaired) electrons. The number of hydrogen-bond donors (Lipinski definition) is 1. The highest BCUT2D eigenvalue weighted by molar-refractivity contribution is 5.87. The van der Waals surface area contributed by atoms with Crippen LogP contribution in [-0.4, -0.2) is 38.7 Å². The van der Waals surface area contributed by atoms with Crippen molar-refractivity contribution in [3.8, 4) is 0 Å². The van der Waals surface area contributed by atoms with Gasteiger partial charge in [-0.2, -0.15) is 0 Å². The van der Waals surface area contributed by atoms with E-state index in [4.69, 9.17) is 0 Å². The van der Waals surface area contributed by atoms with E-state index < -0.39 is 5.97 Å². The first-order valence-corrected chi connectivity index (χ1v) is 13.3. The van der Waals surface area contributed by atoms with Crippen LogP contribution in [0.4, 0.5) is 0 Å². The molecule has 3 heterocycles. The molecule has 0 spiro atoms. The highest BCUT2D eigenvalue weighted by atomic mass is 16.4. The number of benzene rings is 1. The average molecular weight is 437 g/mol. The molecule has 5 rings (SSSR count). The number of fused-ring (bicyclic) bond motifs is 3. The number of rotatable bonds is 4. The Morgan fingerprint density at radius 1 is 0.781 bits per heavy atom. The van der Waals surface area contributed by atoms with Gasteiger partial charge in [0.15, 0.2) is 0 Å². The molecule has 2 aliphatic heterocycles. The third-order valence-corrected chi connectivity index (χ3v) is 8.56. The van der Waals surface area contributed by atoms with Crippen molar-refractivity contribution in [2.24, 2.45) is 0 Å². The van der Waals surface area contributed by atoms with E-state index in [-0.39, 0.29) is 6.42 Å². The van der Waals surface area contributed by atoms with E-state index in [2.05, 4.69) is 33.9 Å². The minimum absolute atomic E-state index is 0.112. The molecular weight excluding hydrogens is 396 g/mol. The molecule has 0 amide bonds. The number of para-hydroxylation sites is 1. The highest BCUT2D eigenvalue weighted by Gasteiger charge is 2.42. The maximum absolute atomic E-state index is 11.5. The molecule has 1 unspecified atom stereocenters. The fraction of sp³-hybridized carbons (Fsp3) is 0.679. The Morgan fingerprint density at radius 2 is 1.38 bits per heavy atom. The van der Waals surface area contributed by atoms with Gasteiger partial charge in [0.25, 0.3) is 0 Å². The lowest BCUT2D eigenvalue weighted by Gasteiger charge is -2.53. The molecule has 3 aliphatic rings. The van der Waals surface area contributed by atoms with Gasteiger partial charge in [-0.1, -0.05) is 69.6 Å². The van der Waals surface area contributed by atoms with Crippen LogP contribution in [0.2, 0.25) is 0 Å². The van der Waals surface area contributed by atoms with Crippen molar-refractivity contribution in [3.05, 3.63) is 36.0 Å². The van der Waals surface area contributed by atoms with Crippen molar-refractivity contribution in [2.45, 2.75) is 120 Å². The summed E-state index contributed by atoms with van der Waals surface area (Å²) in [4.78, 5) is 14.4. The molecule has 1 aromatic heterocycles. The van der Waals surface area contributed by atoms with Crippen LogP contribution in [0.15, 0.2) is 30.5 Å². The van der Waals surface area contributed by atoms with E-state index in [1.54, 1.807) is 0 Å². The van der Waals surface area contributed by atoms with Crippen molar-refractivity contribution < 1.29 is 9.90 Å². The number of carboxylic acid groups (broad SMARTS) is 1. The summed E-state index contributed by atoms with van der Waals surface area (Å²) in [5.41, 5.74) is 2.19. The smallest absolute Gasteiger partial charge is 0.307 e. The fourth-order valence-electron chi connectivity index (χ4n) is 7.18. The topological polar surface area (TPSA) is 45.5 Å². The quantitative estimate of drug-likeness (QED) is 0.579. The molecule has 174 valence electrons. The number of carboxylic acids is 1. The van der Waals surface area contributed by atoms with Crippen LogP contribution in [0.1, 0.15) is 101 Å². The first-order chi connectivity index (χ1) is 15.7. The standard InChI is InChI=1S/C28H40N2O2/c31-28(32)17-21-20-29(27-16-9-8-15-26(21)27)25-18-23-13-10-14-24(19-25)30(23)22-11-6-4-2-1-3-5-7-12-22/h8-9,15-16,20,22-25H,1-7,10-14,17-19H2,(H,31,32)/t23-,24+,25?. The molecule has 3 atom stereocenters. The summed E-state index contributed by atoms with van der Waals surface area (Å²) in [5, 5.41) is 10.5. The van der Waals surface area contributed by atoms with Crippen LogP contribution >= 0.6 is 0 Å². The summed E-state index contributed by atoms with van der Waals surface area (Å²) >= 11 is 0. The van der Waals surface area contributed by atoms with Crippen LogP contribution in [-0.2, 0) is 11.2 Å². The lowest BCUT2D eigenvalue weighted by atomic mass is 9.79. The number of carbonyl (C=O) groups is 1. The molecule has 1 saturated carbocycles. The van der Waals surface area contributed by atoms with Crippen LogP contribution in [0.25, 0.3) is 10.9 Å². The van der Waals surface area contributed by atoms with Crippen molar-refractivity contribution in [2.75, 3.05) is 0 Å². The van der Waals surface area contributed by atoms with E-state index >= 15 is 0 Å². The van der Waals surface area contributed by atoms with Gasteiger partial charge in [0.05, 0.1) is 6.42 Å². The van der Waals surface area contributed by atoms with Gasteiger partial charge in [0, 0.05) is 41.3 Å². The number of aromatic nitrogens is 1. The molecular formula is C28H40N2O2. The molecule has 1 N–H and O–H groups in total. The SMILES string of the molecule is O=C(O)Cc1cn(C2C[C@H]3CCC[C@@H](C2)N3C2CCCCCCCCC2)c2ccccc12. The van der Waals surface area contributed by atoms with Gasteiger partial charge in [0.2, 0.25) is 0 Å². The molecule has 2 bridgehead atoms. The van der Waals surface area contributed by atoms with Crippen LogP contribution in [0.5, 0.6) is 0 Å².